The lowest BCUT2D eigenvalue weighted by Crippen LogP contribution is -2.67. The number of carbonyl (C=O) groups excluding carboxylic acids is 3. The number of aliphatic hydroxyl groups excluding tert-OH is 2. The Labute approximate surface area is 237 Å². The molecule has 0 spiro atoms. The molecule has 7 nitrogen and oxygen atoms in total. The molecule has 3 aliphatic carbocycles. The van der Waals surface area contributed by atoms with Crippen LogP contribution in [0.4, 0.5) is 0 Å². The molecule has 2 unspecified atom stereocenters. The van der Waals surface area contributed by atoms with Crippen LogP contribution >= 0.6 is 0 Å². The van der Waals surface area contributed by atoms with Crippen molar-refractivity contribution in [3.05, 3.63) is 51.5 Å². The molecule has 0 aliphatic heterocycles. The molecule has 0 bridgehead atoms. The van der Waals surface area contributed by atoms with Crippen molar-refractivity contribution in [3.8, 4) is 5.75 Å². The number of hydrogen-bond acceptors (Lipinski definition) is 7. The quantitative estimate of drug-likeness (QED) is 0.293. The van der Waals surface area contributed by atoms with Crippen molar-refractivity contribution in [2.45, 2.75) is 99.0 Å². The van der Waals surface area contributed by atoms with E-state index < -0.39 is 51.0 Å². The van der Waals surface area contributed by atoms with E-state index in [1.165, 1.54) is 6.07 Å². The van der Waals surface area contributed by atoms with Crippen LogP contribution in [0.3, 0.4) is 0 Å². The number of phenols is 1. The molecule has 4 rings (SSSR count). The summed E-state index contributed by atoms with van der Waals surface area (Å²) in [7, 11) is 0. The highest BCUT2D eigenvalue weighted by Crippen LogP contribution is 2.65. The van der Waals surface area contributed by atoms with Crippen molar-refractivity contribution in [1.29, 1.82) is 0 Å². The lowest BCUT2D eigenvalue weighted by Gasteiger charge is -2.59. The smallest absolute Gasteiger partial charge is 0.209 e. The molecule has 0 saturated heterocycles. The number of rotatable bonds is 7. The van der Waals surface area contributed by atoms with Gasteiger partial charge in [0, 0.05) is 22.3 Å². The van der Waals surface area contributed by atoms with Crippen LogP contribution in [0.1, 0.15) is 108 Å². The van der Waals surface area contributed by atoms with E-state index in [1.54, 1.807) is 6.92 Å². The Hall–Kier alpha value is -2.93. The van der Waals surface area contributed by atoms with Crippen molar-refractivity contribution in [2.24, 2.45) is 28.6 Å². The number of Topliss-reactive ketones (excluding diaryl/α,β-unsaturated/α-hetero) is 3. The first-order chi connectivity index (χ1) is 18.4. The van der Waals surface area contributed by atoms with Gasteiger partial charge in [-0.1, -0.05) is 67.4 Å². The normalized spacial score (nSPS) is 30.9. The lowest BCUT2D eigenvalue weighted by atomic mass is 9.44. The summed E-state index contributed by atoms with van der Waals surface area (Å²) >= 11 is 0. The highest BCUT2D eigenvalue weighted by Gasteiger charge is 2.71. The molecule has 0 fully saturated rings. The fraction of sp³-hybridized carbons (Fsp3) is 0.606. The van der Waals surface area contributed by atoms with Gasteiger partial charge in [0.25, 0.3) is 0 Å². The van der Waals surface area contributed by atoms with E-state index in [9.17, 15) is 34.8 Å². The molecule has 0 saturated carbocycles. The van der Waals surface area contributed by atoms with Crippen LogP contribution in [-0.4, -0.2) is 43.4 Å². The van der Waals surface area contributed by atoms with Gasteiger partial charge in [-0.05, 0) is 61.1 Å². The number of hydrogen-bond donors (Lipinski definition) is 4. The van der Waals surface area contributed by atoms with Gasteiger partial charge in [0.05, 0.1) is 5.56 Å². The predicted octanol–water partition coefficient (Wildman–Crippen LogP) is 6.28. The summed E-state index contributed by atoms with van der Waals surface area (Å²) in [5.41, 5.74) is -3.88. The van der Waals surface area contributed by atoms with Gasteiger partial charge in [-0.3, -0.25) is 14.4 Å². The first-order valence-electron chi connectivity index (χ1n) is 14.5. The van der Waals surface area contributed by atoms with E-state index >= 15 is 0 Å². The fourth-order valence-corrected chi connectivity index (χ4v) is 8.20. The Morgan fingerprint density at radius 2 is 1.65 bits per heavy atom. The van der Waals surface area contributed by atoms with Gasteiger partial charge in [-0.2, -0.15) is 0 Å². The van der Waals surface area contributed by atoms with Crippen molar-refractivity contribution in [2.75, 3.05) is 0 Å². The second kappa shape index (κ2) is 9.86. The Bertz CT molecular complexity index is 1350. The van der Waals surface area contributed by atoms with Crippen molar-refractivity contribution in [1.82, 2.24) is 0 Å². The number of benzene rings is 1. The second-order valence-corrected chi connectivity index (χ2v) is 13.7. The van der Waals surface area contributed by atoms with Crippen LogP contribution in [-0.2, 0) is 16.0 Å². The summed E-state index contributed by atoms with van der Waals surface area (Å²) in [5, 5.41) is 46.0. The molecule has 1 aromatic carbocycles. The molecule has 5 atom stereocenters. The predicted molar refractivity (Wildman–Crippen MR) is 152 cm³/mol. The van der Waals surface area contributed by atoms with Crippen LogP contribution in [0.5, 0.6) is 5.75 Å². The van der Waals surface area contributed by atoms with Gasteiger partial charge < -0.3 is 20.4 Å². The van der Waals surface area contributed by atoms with Crippen molar-refractivity contribution in [3.63, 3.8) is 0 Å². The van der Waals surface area contributed by atoms with E-state index in [2.05, 4.69) is 20.8 Å². The Morgan fingerprint density at radius 1 is 1.02 bits per heavy atom. The molecular formula is C33H44O7. The number of aromatic hydroxyl groups is 1. The molecule has 1 aromatic rings. The van der Waals surface area contributed by atoms with Crippen LogP contribution < -0.4 is 0 Å². The number of allylic oxidation sites excluding steroid dienone is 2. The third-order valence-electron chi connectivity index (χ3n) is 9.88. The zero-order chi connectivity index (χ0) is 30.1. The maximum atomic E-state index is 14.2. The maximum absolute atomic E-state index is 14.2. The average molecular weight is 553 g/mol. The second-order valence-electron chi connectivity index (χ2n) is 13.7. The minimum Gasteiger partial charge on any atom is -0.511 e. The number of fused-ring (bicyclic) bond motifs is 3. The minimum atomic E-state index is -2.59. The Balaban J connectivity index is 1.95. The molecule has 7 heteroatoms. The van der Waals surface area contributed by atoms with E-state index in [1.807, 2.05) is 26.8 Å². The van der Waals surface area contributed by atoms with Crippen LogP contribution in [0.15, 0.2) is 34.8 Å². The Morgan fingerprint density at radius 3 is 2.20 bits per heavy atom. The van der Waals surface area contributed by atoms with E-state index in [-0.39, 0.29) is 40.9 Å². The SMILES string of the molecule is CC(=O)C1=C(O)C(C(C)C)[C@@]2(C)C[C@@]3(C)Cc4c(C(C)CCCC(C)C)ccc(O)c4C(=O)C3=C(O)[C@@]2(O)C1=O. The first kappa shape index (κ1) is 30.0. The van der Waals surface area contributed by atoms with Gasteiger partial charge in [0.2, 0.25) is 5.78 Å². The molecule has 0 amide bonds. The van der Waals surface area contributed by atoms with E-state index in [0.717, 1.165) is 37.3 Å². The van der Waals surface area contributed by atoms with E-state index in [0.29, 0.717) is 12.3 Å². The van der Waals surface area contributed by atoms with Gasteiger partial charge in [-0.15, -0.1) is 0 Å². The van der Waals surface area contributed by atoms with Gasteiger partial charge in [0.15, 0.2) is 17.2 Å². The summed E-state index contributed by atoms with van der Waals surface area (Å²) < 4.78 is 0. The lowest BCUT2D eigenvalue weighted by molar-refractivity contribution is -0.171. The molecule has 4 N–H and O–H groups in total. The first-order valence-corrected chi connectivity index (χ1v) is 14.5. The number of ketones is 3. The summed E-state index contributed by atoms with van der Waals surface area (Å²) in [5.74, 6) is -4.23. The zero-order valence-corrected chi connectivity index (χ0v) is 25.0. The molecule has 218 valence electrons. The number of aliphatic hydroxyl groups is 3. The van der Waals surface area contributed by atoms with Crippen LogP contribution in [0.25, 0.3) is 0 Å². The Kier molecular flexibility index (Phi) is 7.41. The van der Waals surface area contributed by atoms with Crippen molar-refractivity contribution < 1.29 is 34.8 Å². The van der Waals surface area contributed by atoms with E-state index in [4.69, 9.17) is 0 Å². The van der Waals surface area contributed by atoms with Crippen molar-refractivity contribution >= 4 is 17.3 Å². The zero-order valence-electron chi connectivity index (χ0n) is 25.0. The fourth-order valence-electron chi connectivity index (χ4n) is 8.20. The highest BCUT2D eigenvalue weighted by molar-refractivity contribution is 6.25. The third kappa shape index (κ3) is 4.07. The van der Waals surface area contributed by atoms with Gasteiger partial charge in [-0.25, -0.2) is 0 Å². The molecule has 40 heavy (non-hydrogen) atoms. The number of phenolic OH excluding ortho intramolecular Hbond substituents is 1. The monoisotopic (exact) mass is 552 g/mol. The molecule has 0 radical (unpaired) electrons. The standard InChI is InChI=1S/C33H44O7/c1-16(2)10-9-11-18(5)20-12-13-22(35)24-21(20)14-31(7)15-32(8)25(17(3)4)27(36)23(19(6)34)29(38)33(32,40)30(39)26(31)28(24)37/h12-13,16-18,25,35-36,39-40H,9-11,14-15H2,1-8H3/t18?,25?,31-,32-,33+/m1/s1. The van der Waals surface area contributed by atoms with Gasteiger partial charge in [0.1, 0.15) is 22.8 Å². The molecule has 0 heterocycles. The summed E-state index contributed by atoms with van der Waals surface area (Å²) in [6.07, 6.45) is 3.44. The van der Waals surface area contributed by atoms with Crippen LogP contribution in [0, 0.1) is 28.6 Å². The van der Waals surface area contributed by atoms with Crippen LogP contribution in [0.2, 0.25) is 0 Å². The summed E-state index contributed by atoms with van der Waals surface area (Å²) in [6.45, 7) is 14.8. The largest absolute Gasteiger partial charge is 0.511 e. The minimum absolute atomic E-state index is 0.0910. The molecule has 0 aromatic heterocycles. The van der Waals surface area contributed by atoms with Gasteiger partial charge >= 0.3 is 0 Å². The number of carbonyl (C=O) groups is 3. The third-order valence-corrected chi connectivity index (χ3v) is 9.88. The summed E-state index contributed by atoms with van der Waals surface area (Å²) in [6, 6.07) is 3.37. The maximum Gasteiger partial charge on any atom is 0.209 e. The molecular weight excluding hydrogens is 508 g/mol. The summed E-state index contributed by atoms with van der Waals surface area (Å²) in [4.78, 5) is 40.4. The topological polar surface area (TPSA) is 132 Å². The highest BCUT2D eigenvalue weighted by atomic mass is 16.3. The average Bonchev–Trinajstić information content (AvgIpc) is 2.80. The molecule has 3 aliphatic rings.